The molecular formula is C52H67N4O4+. The summed E-state index contributed by atoms with van der Waals surface area (Å²) in [6, 6.07) is 22.8. The first-order valence-electron chi connectivity index (χ1n) is 22.4. The molecule has 2 unspecified atom stereocenters. The number of rotatable bonds is 20. The topological polar surface area (TPSA) is 102 Å². The van der Waals surface area contributed by atoms with Crippen LogP contribution in [0.1, 0.15) is 123 Å². The molecule has 0 bridgehead atoms. The van der Waals surface area contributed by atoms with Crippen molar-refractivity contribution in [1.29, 1.82) is 0 Å². The number of amides is 2. The number of hydrogen-bond acceptors (Lipinski definition) is 5. The molecule has 0 fully saturated rings. The average molecular weight is 812 g/mol. The summed E-state index contributed by atoms with van der Waals surface area (Å²) in [6.07, 6.45) is 16.4. The highest BCUT2D eigenvalue weighted by molar-refractivity contribution is 6.40. The molecule has 8 heteroatoms. The molecule has 0 aromatic heterocycles. The molecule has 318 valence electrons. The normalized spacial score (nSPS) is 16.9. The zero-order valence-electron chi connectivity index (χ0n) is 37.3. The largest absolute Gasteiger partial charge is 0.506 e. The molecule has 2 amide bonds. The number of allylic oxidation sites excluding steroid dienone is 5. The highest BCUT2D eigenvalue weighted by atomic mass is 16.3. The van der Waals surface area contributed by atoms with Crippen LogP contribution < -0.4 is 15.5 Å². The van der Waals surface area contributed by atoms with Crippen LogP contribution in [0.2, 0.25) is 0 Å². The van der Waals surface area contributed by atoms with E-state index < -0.39 is 0 Å². The van der Waals surface area contributed by atoms with Crippen molar-refractivity contribution in [3.8, 4) is 0 Å². The summed E-state index contributed by atoms with van der Waals surface area (Å²) in [6.45, 7) is 17.7. The minimum atomic E-state index is -0.359. The van der Waals surface area contributed by atoms with Gasteiger partial charge in [-0.1, -0.05) is 97.9 Å². The Morgan fingerprint density at radius 1 is 0.733 bits per heavy atom. The van der Waals surface area contributed by atoms with Gasteiger partial charge in [0.25, 0.3) is 0 Å². The van der Waals surface area contributed by atoms with Crippen molar-refractivity contribution >= 4 is 51.6 Å². The number of nitrogens with one attached hydrogen (secondary N) is 2. The van der Waals surface area contributed by atoms with Gasteiger partial charge in [0.1, 0.15) is 5.76 Å². The Kier molecular flexibility index (Phi) is 16.5. The van der Waals surface area contributed by atoms with Crippen molar-refractivity contribution in [2.75, 3.05) is 23.3 Å². The Hall–Kier alpha value is -5.50. The number of anilines is 3. The van der Waals surface area contributed by atoms with Crippen molar-refractivity contribution in [3.63, 3.8) is 0 Å². The zero-order chi connectivity index (χ0) is 43.3. The van der Waals surface area contributed by atoms with Gasteiger partial charge in [-0.3, -0.25) is 14.4 Å². The number of hydrogen-bond donors (Lipinski definition) is 3. The lowest BCUT2D eigenvalue weighted by Crippen LogP contribution is -2.30. The number of Topliss-reactive ketones (excluding diaryl/α,β-unsaturated/α-hetero) is 1. The molecule has 60 heavy (non-hydrogen) atoms. The number of benzene rings is 3. The smallest absolute Gasteiger partial charge is 0.221 e. The number of carbonyl (C=O) groups is 3. The molecule has 2 aliphatic rings. The molecule has 0 radical (unpaired) electrons. The van der Waals surface area contributed by atoms with E-state index in [-0.39, 0.29) is 34.5 Å². The van der Waals surface area contributed by atoms with Gasteiger partial charge in [-0.2, -0.15) is 4.58 Å². The molecule has 0 saturated carbocycles. The predicted molar refractivity (Wildman–Crippen MR) is 248 cm³/mol. The minimum Gasteiger partial charge on any atom is -0.506 e. The van der Waals surface area contributed by atoms with Crippen molar-refractivity contribution in [3.05, 3.63) is 124 Å². The third kappa shape index (κ3) is 11.0. The maximum atomic E-state index is 14.3. The second-order valence-electron chi connectivity index (χ2n) is 16.4. The van der Waals surface area contributed by atoms with Gasteiger partial charge in [0.05, 0.1) is 22.5 Å². The first-order chi connectivity index (χ1) is 29.0. The van der Waals surface area contributed by atoms with E-state index >= 15 is 0 Å². The van der Waals surface area contributed by atoms with Gasteiger partial charge >= 0.3 is 0 Å². The van der Waals surface area contributed by atoms with Crippen molar-refractivity contribution in [2.45, 2.75) is 120 Å². The van der Waals surface area contributed by atoms with Crippen LogP contribution in [-0.4, -0.2) is 46.1 Å². The van der Waals surface area contributed by atoms with Gasteiger partial charge < -0.3 is 20.6 Å². The van der Waals surface area contributed by atoms with Gasteiger partial charge in [0.2, 0.25) is 29.0 Å². The number of aryl methyl sites for hydroxylation is 2. The molecule has 3 aromatic carbocycles. The summed E-state index contributed by atoms with van der Waals surface area (Å²) < 4.78 is 2.31. The fourth-order valence-corrected chi connectivity index (χ4v) is 8.28. The van der Waals surface area contributed by atoms with E-state index in [1.165, 1.54) is 25.0 Å². The Morgan fingerprint density at radius 2 is 1.37 bits per heavy atom. The van der Waals surface area contributed by atoms with E-state index in [0.717, 1.165) is 100 Å². The van der Waals surface area contributed by atoms with E-state index in [1.807, 2.05) is 36.4 Å². The van der Waals surface area contributed by atoms with E-state index in [9.17, 15) is 19.5 Å². The number of nitrogens with zero attached hydrogens (tertiary/aromatic N) is 2. The van der Waals surface area contributed by atoms with Gasteiger partial charge in [-0.15, -0.1) is 0 Å². The third-order valence-electron chi connectivity index (χ3n) is 11.9. The highest BCUT2D eigenvalue weighted by Crippen LogP contribution is 2.44. The number of carbonyl (C=O) groups excluding carboxylic acids is 3. The number of aliphatic hydroxyl groups excluding tert-OH is 1. The molecule has 3 aromatic rings. The number of aliphatic hydroxyl groups is 1. The second kappa shape index (κ2) is 21.7. The molecule has 5 rings (SSSR count). The van der Waals surface area contributed by atoms with E-state index in [0.29, 0.717) is 34.4 Å². The van der Waals surface area contributed by atoms with E-state index in [1.54, 1.807) is 0 Å². The zero-order valence-corrected chi connectivity index (χ0v) is 37.3. The third-order valence-corrected chi connectivity index (χ3v) is 11.9. The van der Waals surface area contributed by atoms with Gasteiger partial charge in [0.15, 0.2) is 6.54 Å². The fraction of sp³-hybridized carbons (Fsp3) is 0.423. The van der Waals surface area contributed by atoms with Crippen molar-refractivity contribution in [2.24, 2.45) is 11.8 Å². The van der Waals surface area contributed by atoms with Crippen LogP contribution in [0.15, 0.2) is 108 Å². The second-order valence-corrected chi connectivity index (χ2v) is 16.4. The Bertz CT molecular complexity index is 2210. The summed E-state index contributed by atoms with van der Waals surface area (Å²) >= 11 is 0. The lowest BCUT2D eigenvalue weighted by atomic mass is 9.78. The monoisotopic (exact) mass is 812 g/mol. The quantitative estimate of drug-likeness (QED) is 0.0779. The number of ketones is 1. The Labute approximate surface area is 358 Å². The minimum absolute atomic E-state index is 0.131. The van der Waals surface area contributed by atoms with E-state index in [2.05, 4.69) is 110 Å². The molecule has 8 nitrogen and oxygen atoms in total. The summed E-state index contributed by atoms with van der Waals surface area (Å²) in [4.78, 5) is 42.0. The molecule has 0 heterocycles. The van der Waals surface area contributed by atoms with E-state index in [4.69, 9.17) is 0 Å². The molecule has 0 aliphatic heterocycles. The molecular weight excluding hydrogens is 745 g/mol. The maximum absolute atomic E-state index is 14.3. The van der Waals surface area contributed by atoms with Crippen LogP contribution >= 0.6 is 0 Å². The standard InChI is InChI=1S/C52H66N4O4/c1-9-15-19-39(13-5)33-55(41-23-17-21-37(11-3)29-41)43-25-27-45(47(31-43)53-35(7)57)49-51(59)50(52(49)60)46-28-26-44(32-48(46)54-36(8)58)56(34-40(14-6)20-16-10-2)42-24-18-22-38(12-4)30-42/h17-18,21-32,39-40H,9-16,19-20,33-34H2,1-8H3,(H2,53,54,57,58,59,60)/p+1. The van der Waals surface area contributed by atoms with Crippen LogP contribution in [0.5, 0.6) is 0 Å². The molecule has 3 N–H and O–H groups in total. The highest BCUT2D eigenvalue weighted by Gasteiger charge is 2.40. The summed E-state index contributed by atoms with van der Waals surface area (Å²) in [5.74, 6) is -0.171. The van der Waals surface area contributed by atoms with Crippen molar-refractivity contribution < 1.29 is 24.1 Å². The summed E-state index contributed by atoms with van der Waals surface area (Å²) in [5.41, 5.74) is 8.43. The van der Waals surface area contributed by atoms with Crippen LogP contribution in [-0.2, 0) is 27.2 Å². The lowest BCUT2D eigenvalue weighted by molar-refractivity contribution is -0.448. The SMILES string of the molecule is CCCCC(CC)CN(c1cccc(CC)c1)c1ccc(C2=C(O)/C(=C3\C=CC(=[N+](CC(CC)CCCC)c4cccc(CC)c4)C=C3NC(C)=O)C2=O)c(NC(C)=O)c1. The molecule has 0 saturated heterocycles. The van der Waals surface area contributed by atoms with Crippen LogP contribution in [0.3, 0.4) is 0 Å². The summed E-state index contributed by atoms with van der Waals surface area (Å²) in [7, 11) is 0. The maximum Gasteiger partial charge on any atom is 0.221 e. The van der Waals surface area contributed by atoms with Crippen LogP contribution in [0, 0.1) is 11.8 Å². The van der Waals surface area contributed by atoms with Gasteiger partial charge in [-0.05, 0) is 85.6 Å². The predicted octanol–water partition coefficient (Wildman–Crippen LogP) is 11.9. The van der Waals surface area contributed by atoms with Gasteiger partial charge in [-0.25, -0.2) is 0 Å². The first-order valence-corrected chi connectivity index (χ1v) is 22.4. The molecule has 2 aliphatic carbocycles. The summed E-state index contributed by atoms with van der Waals surface area (Å²) in [5, 5.41) is 17.8. The fourth-order valence-electron chi connectivity index (χ4n) is 8.28. The molecule has 2 atom stereocenters. The van der Waals surface area contributed by atoms with Crippen molar-refractivity contribution in [1.82, 2.24) is 5.32 Å². The Morgan fingerprint density at radius 3 is 1.98 bits per heavy atom. The lowest BCUT2D eigenvalue weighted by Gasteiger charge is -2.31. The van der Waals surface area contributed by atoms with Crippen LogP contribution in [0.4, 0.5) is 22.7 Å². The Balaban J connectivity index is 1.62. The van der Waals surface area contributed by atoms with Crippen LogP contribution in [0.25, 0.3) is 5.57 Å². The molecule has 0 spiro atoms. The number of unbranched alkanes of at least 4 members (excludes halogenated alkanes) is 2. The van der Waals surface area contributed by atoms with Gasteiger partial charge in [0, 0.05) is 73.1 Å². The first kappa shape index (κ1) is 45.6. The average Bonchev–Trinajstić information content (AvgIpc) is 3.25.